The lowest BCUT2D eigenvalue weighted by atomic mass is 10.0. The van der Waals surface area contributed by atoms with Gasteiger partial charge in [-0.1, -0.05) is 6.07 Å². The first-order valence-corrected chi connectivity index (χ1v) is 6.60. The molecule has 1 aromatic carbocycles. The third kappa shape index (κ3) is 3.27. The molecular weight excluding hydrogens is 370 g/mol. The quantitative estimate of drug-likeness (QED) is 0.831. The highest BCUT2D eigenvalue weighted by molar-refractivity contribution is 14.1. The molecule has 0 saturated carbocycles. The second-order valence-corrected chi connectivity index (χ2v) is 5.23. The maximum Gasteiger partial charge on any atom is 0.416 e. The van der Waals surface area contributed by atoms with Crippen molar-refractivity contribution in [2.45, 2.75) is 12.6 Å². The summed E-state index contributed by atoms with van der Waals surface area (Å²) in [6.07, 6.45) is -0.938. The fourth-order valence-electron chi connectivity index (χ4n) is 1.79. The Morgan fingerprint density at radius 3 is 2.58 bits per heavy atom. The van der Waals surface area contributed by atoms with Gasteiger partial charge in [0.15, 0.2) is 0 Å². The van der Waals surface area contributed by atoms with Crippen LogP contribution in [-0.2, 0) is 12.6 Å². The van der Waals surface area contributed by atoms with E-state index in [1.54, 1.807) is 18.5 Å². The molecule has 0 spiro atoms. The lowest BCUT2D eigenvalue weighted by Gasteiger charge is -2.14. The Bertz CT molecular complexity index is 578. The summed E-state index contributed by atoms with van der Waals surface area (Å²) in [5.74, 6) is 0. The van der Waals surface area contributed by atoms with Crippen LogP contribution in [0.2, 0.25) is 0 Å². The zero-order valence-corrected chi connectivity index (χ0v) is 11.9. The highest BCUT2D eigenvalue weighted by atomic mass is 127. The maximum atomic E-state index is 13.0. The number of benzene rings is 1. The molecule has 0 bridgehead atoms. The Labute approximate surface area is 121 Å². The van der Waals surface area contributed by atoms with Crippen molar-refractivity contribution in [3.63, 3.8) is 0 Å². The highest BCUT2D eigenvalue weighted by Gasteiger charge is 2.33. The minimum absolute atomic E-state index is 0.183. The van der Waals surface area contributed by atoms with Crippen molar-refractivity contribution >= 4 is 22.6 Å². The van der Waals surface area contributed by atoms with E-state index in [2.05, 4.69) is 27.7 Å². The minimum atomic E-state index is -4.39. The Hall–Kier alpha value is -1.09. The van der Waals surface area contributed by atoms with Crippen molar-refractivity contribution < 1.29 is 13.2 Å². The lowest BCUT2D eigenvalue weighted by molar-refractivity contribution is -0.138. The van der Waals surface area contributed by atoms with Gasteiger partial charge in [-0.25, -0.2) is 4.68 Å². The molecular formula is C12H11F3IN3. The molecule has 102 valence electrons. The molecule has 7 heteroatoms. The van der Waals surface area contributed by atoms with Crippen molar-refractivity contribution in [2.24, 2.45) is 5.73 Å². The Balaban J connectivity index is 2.49. The first-order chi connectivity index (χ1) is 8.91. The normalized spacial score (nSPS) is 11.8. The zero-order valence-electron chi connectivity index (χ0n) is 9.78. The predicted molar refractivity (Wildman–Crippen MR) is 74.0 cm³/mol. The summed E-state index contributed by atoms with van der Waals surface area (Å²) in [6.45, 7) is 0.183. The third-order valence-electron chi connectivity index (χ3n) is 2.63. The summed E-state index contributed by atoms with van der Waals surface area (Å²) in [5.41, 5.74) is 5.28. The predicted octanol–water partition coefficient (Wildman–Crippen LogP) is 3.00. The molecule has 19 heavy (non-hydrogen) atoms. The average Bonchev–Trinajstić information content (AvgIpc) is 2.75. The largest absolute Gasteiger partial charge is 0.416 e. The molecule has 2 N–H and O–H groups in total. The molecule has 0 unspecified atom stereocenters. The number of aromatic nitrogens is 2. The smallest absolute Gasteiger partial charge is 0.330 e. The molecule has 0 aliphatic rings. The van der Waals surface area contributed by atoms with E-state index in [1.807, 2.05) is 0 Å². The highest BCUT2D eigenvalue weighted by Crippen LogP contribution is 2.33. The molecule has 0 amide bonds. The summed E-state index contributed by atoms with van der Waals surface area (Å²) in [7, 11) is 0. The summed E-state index contributed by atoms with van der Waals surface area (Å²) in [4.78, 5) is 0. The Morgan fingerprint density at radius 2 is 2.05 bits per heavy atom. The second-order valence-electron chi connectivity index (χ2n) is 3.98. The molecule has 0 saturated heterocycles. The maximum absolute atomic E-state index is 13.0. The standard InChI is InChI=1S/C12H11F3IN3/c13-12(14,15)11-5-10(2-1-8(11)3-4-17)19-7-9(16)6-18-19/h1-2,5-7H,3-4,17H2. The van der Waals surface area contributed by atoms with Crippen LogP contribution in [0, 0.1) is 3.57 Å². The van der Waals surface area contributed by atoms with Crippen molar-refractivity contribution in [1.82, 2.24) is 9.78 Å². The van der Waals surface area contributed by atoms with Crippen molar-refractivity contribution in [1.29, 1.82) is 0 Å². The number of halogens is 4. The van der Waals surface area contributed by atoms with E-state index in [-0.39, 0.29) is 18.5 Å². The summed E-state index contributed by atoms with van der Waals surface area (Å²) >= 11 is 2.05. The molecule has 0 aliphatic carbocycles. The minimum Gasteiger partial charge on any atom is -0.330 e. The van der Waals surface area contributed by atoms with Gasteiger partial charge in [0.2, 0.25) is 0 Å². The first kappa shape index (κ1) is 14.3. The first-order valence-electron chi connectivity index (χ1n) is 5.52. The number of rotatable bonds is 3. The van der Waals surface area contributed by atoms with E-state index in [1.165, 1.54) is 10.7 Å². The van der Waals surface area contributed by atoms with Crippen molar-refractivity contribution in [3.05, 3.63) is 45.3 Å². The lowest BCUT2D eigenvalue weighted by Crippen LogP contribution is -2.13. The van der Waals surface area contributed by atoms with Crippen LogP contribution in [0.5, 0.6) is 0 Å². The number of alkyl halides is 3. The van der Waals surface area contributed by atoms with Gasteiger partial charge in [-0.15, -0.1) is 0 Å². The van der Waals surface area contributed by atoms with Crippen LogP contribution in [0.4, 0.5) is 13.2 Å². The van der Waals surface area contributed by atoms with Crippen LogP contribution < -0.4 is 5.73 Å². The van der Waals surface area contributed by atoms with E-state index in [0.717, 1.165) is 9.64 Å². The van der Waals surface area contributed by atoms with Crippen LogP contribution >= 0.6 is 22.6 Å². The van der Waals surface area contributed by atoms with Crippen LogP contribution in [0.3, 0.4) is 0 Å². The summed E-state index contributed by atoms with van der Waals surface area (Å²) in [5, 5.41) is 4.00. The number of nitrogens with zero attached hydrogens (tertiary/aromatic N) is 2. The molecule has 3 nitrogen and oxygen atoms in total. The molecule has 0 aliphatic heterocycles. The monoisotopic (exact) mass is 381 g/mol. The summed E-state index contributed by atoms with van der Waals surface area (Å²) in [6, 6.07) is 4.18. The molecule has 1 heterocycles. The zero-order chi connectivity index (χ0) is 14.0. The van der Waals surface area contributed by atoms with Crippen LogP contribution in [0.25, 0.3) is 5.69 Å². The van der Waals surface area contributed by atoms with E-state index in [0.29, 0.717) is 5.69 Å². The molecule has 0 atom stereocenters. The van der Waals surface area contributed by atoms with Gasteiger partial charge in [-0.3, -0.25) is 0 Å². The number of hydrogen-bond acceptors (Lipinski definition) is 2. The molecule has 0 fully saturated rings. The van der Waals surface area contributed by atoms with Gasteiger partial charge in [0.05, 0.1) is 21.0 Å². The van der Waals surface area contributed by atoms with Gasteiger partial charge >= 0.3 is 6.18 Å². The van der Waals surface area contributed by atoms with Crippen molar-refractivity contribution in [2.75, 3.05) is 6.54 Å². The second kappa shape index (κ2) is 5.49. The van der Waals surface area contributed by atoms with Crippen LogP contribution in [-0.4, -0.2) is 16.3 Å². The molecule has 0 radical (unpaired) electrons. The average molecular weight is 381 g/mol. The van der Waals surface area contributed by atoms with Crippen LogP contribution in [0.1, 0.15) is 11.1 Å². The fraction of sp³-hybridized carbons (Fsp3) is 0.250. The van der Waals surface area contributed by atoms with Crippen molar-refractivity contribution in [3.8, 4) is 5.69 Å². The fourth-order valence-corrected chi connectivity index (χ4v) is 2.17. The summed E-state index contributed by atoms with van der Waals surface area (Å²) < 4.78 is 41.3. The van der Waals surface area contributed by atoms with Gasteiger partial charge in [-0.05, 0) is 53.3 Å². The van der Waals surface area contributed by atoms with E-state index >= 15 is 0 Å². The van der Waals surface area contributed by atoms with Gasteiger partial charge in [0, 0.05) is 6.20 Å². The Morgan fingerprint density at radius 1 is 1.32 bits per heavy atom. The van der Waals surface area contributed by atoms with Gasteiger partial charge in [-0.2, -0.15) is 18.3 Å². The van der Waals surface area contributed by atoms with Gasteiger partial charge < -0.3 is 5.73 Å². The molecule has 2 aromatic rings. The number of hydrogen-bond donors (Lipinski definition) is 1. The Kier molecular flexibility index (Phi) is 4.14. The molecule has 1 aromatic heterocycles. The van der Waals surface area contributed by atoms with Gasteiger partial charge in [0.1, 0.15) is 0 Å². The van der Waals surface area contributed by atoms with E-state index < -0.39 is 11.7 Å². The van der Waals surface area contributed by atoms with Crippen LogP contribution in [0.15, 0.2) is 30.6 Å². The van der Waals surface area contributed by atoms with E-state index in [9.17, 15) is 13.2 Å². The van der Waals surface area contributed by atoms with Gasteiger partial charge in [0.25, 0.3) is 0 Å². The SMILES string of the molecule is NCCc1ccc(-n2cc(I)cn2)cc1C(F)(F)F. The topological polar surface area (TPSA) is 43.8 Å². The molecule has 2 rings (SSSR count). The number of nitrogens with two attached hydrogens (primary N) is 1. The third-order valence-corrected chi connectivity index (χ3v) is 3.19. The van der Waals surface area contributed by atoms with E-state index in [4.69, 9.17) is 5.73 Å².